The van der Waals surface area contributed by atoms with Gasteiger partial charge >= 0.3 is 0 Å². The molecule has 4 heterocycles. The minimum Gasteiger partial charge on any atom is -0.368 e. The van der Waals surface area contributed by atoms with Gasteiger partial charge in [0.25, 0.3) is 0 Å². The number of pyridine rings is 1. The SMILES string of the molecule is CC(C)c1cc(N2CCNC(c3nnc4ccccn34)C2)nc(N)n1. The van der Waals surface area contributed by atoms with Crippen molar-refractivity contribution in [3.8, 4) is 0 Å². The Labute approximate surface area is 146 Å². The average molecular weight is 338 g/mol. The molecule has 1 atom stereocenters. The van der Waals surface area contributed by atoms with Crippen molar-refractivity contribution in [2.45, 2.75) is 25.8 Å². The summed E-state index contributed by atoms with van der Waals surface area (Å²) in [5, 5.41) is 12.2. The van der Waals surface area contributed by atoms with E-state index in [0.29, 0.717) is 11.9 Å². The number of piperazine rings is 1. The van der Waals surface area contributed by atoms with Crippen molar-refractivity contribution in [1.29, 1.82) is 0 Å². The number of anilines is 2. The third kappa shape index (κ3) is 3.00. The summed E-state index contributed by atoms with van der Waals surface area (Å²) in [6, 6.07) is 8.01. The van der Waals surface area contributed by atoms with Gasteiger partial charge in [0.2, 0.25) is 5.95 Å². The van der Waals surface area contributed by atoms with E-state index in [1.807, 2.05) is 34.9 Å². The van der Waals surface area contributed by atoms with Crippen molar-refractivity contribution in [1.82, 2.24) is 29.9 Å². The molecule has 25 heavy (non-hydrogen) atoms. The van der Waals surface area contributed by atoms with E-state index in [9.17, 15) is 0 Å². The van der Waals surface area contributed by atoms with Crippen molar-refractivity contribution < 1.29 is 0 Å². The fourth-order valence-electron chi connectivity index (χ4n) is 3.16. The van der Waals surface area contributed by atoms with Crippen LogP contribution in [-0.4, -0.2) is 44.2 Å². The van der Waals surface area contributed by atoms with Gasteiger partial charge in [0.1, 0.15) is 5.82 Å². The van der Waals surface area contributed by atoms with E-state index >= 15 is 0 Å². The van der Waals surface area contributed by atoms with Crippen LogP contribution in [-0.2, 0) is 0 Å². The topological polar surface area (TPSA) is 97.3 Å². The molecule has 3 aromatic heterocycles. The number of hydrogen-bond donors (Lipinski definition) is 2. The maximum Gasteiger partial charge on any atom is 0.222 e. The van der Waals surface area contributed by atoms with Crippen LogP contribution in [0, 0.1) is 0 Å². The molecule has 0 bridgehead atoms. The van der Waals surface area contributed by atoms with E-state index in [2.05, 4.69) is 44.2 Å². The highest BCUT2D eigenvalue weighted by molar-refractivity contribution is 5.45. The van der Waals surface area contributed by atoms with Crippen LogP contribution in [0.3, 0.4) is 0 Å². The summed E-state index contributed by atoms with van der Waals surface area (Å²) >= 11 is 0. The molecule has 1 aliphatic rings. The normalized spacial score (nSPS) is 18.2. The van der Waals surface area contributed by atoms with Gasteiger partial charge in [-0.3, -0.25) is 4.40 Å². The van der Waals surface area contributed by atoms with Crippen LogP contribution < -0.4 is 16.0 Å². The number of nitrogens with one attached hydrogen (secondary N) is 1. The first-order valence-electron chi connectivity index (χ1n) is 8.54. The Balaban J connectivity index is 1.63. The first kappa shape index (κ1) is 15.8. The lowest BCUT2D eigenvalue weighted by Gasteiger charge is -2.34. The van der Waals surface area contributed by atoms with Gasteiger partial charge in [0.15, 0.2) is 11.5 Å². The second kappa shape index (κ2) is 6.29. The fraction of sp³-hybridized carbons (Fsp3) is 0.412. The van der Waals surface area contributed by atoms with Gasteiger partial charge in [0, 0.05) is 31.9 Å². The maximum atomic E-state index is 5.92. The molecule has 1 unspecified atom stereocenters. The molecule has 1 aliphatic heterocycles. The molecule has 0 aromatic carbocycles. The van der Waals surface area contributed by atoms with Crippen LogP contribution in [0.25, 0.3) is 5.65 Å². The smallest absolute Gasteiger partial charge is 0.222 e. The lowest BCUT2D eigenvalue weighted by Crippen LogP contribution is -2.47. The van der Waals surface area contributed by atoms with Crippen LogP contribution in [0.15, 0.2) is 30.5 Å². The van der Waals surface area contributed by atoms with Crippen LogP contribution >= 0.6 is 0 Å². The van der Waals surface area contributed by atoms with Crippen LogP contribution in [0.2, 0.25) is 0 Å². The zero-order valence-corrected chi connectivity index (χ0v) is 14.4. The molecule has 0 aliphatic carbocycles. The fourth-order valence-corrected chi connectivity index (χ4v) is 3.16. The lowest BCUT2D eigenvalue weighted by molar-refractivity contribution is 0.448. The first-order valence-corrected chi connectivity index (χ1v) is 8.54. The monoisotopic (exact) mass is 338 g/mol. The van der Waals surface area contributed by atoms with Gasteiger partial charge in [-0.2, -0.15) is 4.98 Å². The third-order valence-corrected chi connectivity index (χ3v) is 4.49. The van der Waals surface area contributed by atoms with E-state index in [-0.39, 0.29) is 6.04 Å². The predicted octanol–water partition coefficient (Wildman–Crippen LogP) is 1.38. The molecule has 3 aromatic rings. The van der Waals surface area contributed by atoms with Crippen LogP contribution in [0.5, 0.6) is 0 Å². The highest BCUT2D eigenvalue weighted by Crippen LogP contribution is 2.24. The predicted molar refractivity (Wildman–Crippen MR) is 96.5 cm³/mol. The van der Waals surface area contributed by atoms with E-state index in [1.165, 1.54) is 0 Å². The van der Waals surface area contributed by atoms with E-state index in [4.69, 9.17) is 5.73 Å². The second-order valence-corrected chi connectivity index (χ2v) is 6.60. The zero-order chi connectivity index (χ0) is 17.4. The molecule has 8 heteroatoms. The molecular weight excluding hydrogens is 316 g/mol. The van der Waals surface area contributed by atoms with Crippen LogP contribution in [0.1, 0.15) is 37.3 Å². The highest BCUT2D eigenvalue weighted by Gasteiger charge is 2.26. The van der Waals surface area contributed by atoms with Crippen molar-refractivity contribution >= 4 is 17.4 Å². The number of hydrogen-bond acceptors (Lipinski definition) is 7. The molecule has 0 saturated carbocycles. The van der Waals surface area contributed by atoms with Crippen molar-refractivity contribution in [3.05, 3.63) is 42.0 Å². The number of rotatable bonds is 3. The number of fused-ring (bicyclic) bond motifs is 1. The number of nitrogens with two attached hydrogens (primary N) is 1. The zero-order valence-electron chi connectivity index (χ0n) is 14.4. The first-order chi connectivity index (χ1) is 12.1. The van der Waals surface area contributed by atoms with Gasteiger partial charge in [0.05, 0.1) is 11.7 Å². The number of nitrogens with zero attached hydrogens (tertiary/aromatic N) is 6. The van der Waals surface area contributed by atoms with Gasteiger partial charge < -0.3 is 16.0 Å². The summed E-state index contributed by atoms with van der Waals surface area (Å²) in [6.07, 6.45) is 1.99. The number of nitrogen functional groups attached to an aromatic ring is 1. The Hall–Kier alpha value is -2.74. The Kier molecular flexibility index (Phi) is 3.96. The van der Waals surface area contributed by atoms with Gasteiger partial charge in [-0.25, -0.2) is 4.98 Å². The van der Waals surface area contributed by atoms with Crippen molar-refractivity contribution in [3.63, 3.8) is 0 Å². The molecule has 130 valence electrons. The standard InChI is InChI=1S/C17H22N8/c1-11(2)12-9-15(21-17(18)20-12)24-8-6-19-13(10-24)16-23-22-14-5-3-4-7-25(14)16/h3-5,7,9,11,13,19H,6,8,10H2,1-2H3,(H2,18,20,21). The molecule has 1 fully saturated rings. The molecular formula is C17H22N8. The molecule has 0 spiro atoms. The Morgan fingerprint density at radius 1 is 1.24 bits per heavy atom. The van der Waals surface area contributed by atoms with Crippen LogP contribution in [0.4, 0.5) is 11.8 Å². The minimum absolute atomic E-state index is 0.0739. The second-order valence-electron chi connectivity index (χ2n) is 6.60. The minimum atomic E-state index is 0.0739. The van der Waals surface area contributed by atoms with E-state index in [0.717, 1.165) is 42.6 Å². The summed E-state index contributed by atoms with van der Waals surface area (Å²) in [5.41, 5.74) is 7.73. The summed E-state index contributed by atoms with van der Waals surface area (Å²) in [7, 11) is 0. The quantitative estimate of drug-likeness (QED) is 0.744. The Bertz CT molecular complexity index is 887. The average Bonchev–Trinajstić information content (AvgIpc) is 3.05. The van der Waals surface area contributed by atoms with E-state index < -0.39 is 0 Å². The molecule has 1 saturated heterocycles. The van der Waals surface area contributed by atoms with Crippen molar-refractivity contribution in [2.24, 2.45) is 0 Å². The maximum absolute atomic E-state index is 5.92. The summed E-state index contributed by atoms with van der Waals surface area (Å²) in [6.45, 7) is 6.67. The molecule has 3 N–H and O–H groups in total. The van der Waals surface area contributed by atoms with E-state index in [1.54, 1.807) is 0 Å². The summed E-state index contributed by atoms with van der Waals surface area (Å²) in [4.78, 5) is 11.0. The Morgan fingerprint density at radius 2 is 2.12 bits per heavy atom. The van der Waals surface area contributed by atoms with Crippen molar-refractivity contribution in [2.75, 3.05) is 30.3 Å². The molecule has 0 radical (unpaired) electrons. The van der Waals surface area contributed by atoms with Gasteiger partial charge in [-0.15, -0.1) is 10.2 Å². The molecule has 0 amide bonds. The number of aromatic nitrogens is 5. The highest BCUT2D eigenvalue weighted by atomic mass is 15.3. The van der Waals surface area contributed by atoms with Gasteiger partial charge in [-0.05, 0) is 18.1 Å². The lowest BCUT2D eigenvalue weighted by atomic mass is 10.1. The summed E-state index contributed by atoms with van der Waals surface area (Å²) in [5.74, 6) is 2.41. The summed E-state index contributed by atoms with van der Waals surface area (Å²) < 4.78 is 2.02. The van der Waals surface area contributed by atoms with Gasteiger partial charge in [-0.1, -0.05) is 19.9 Å². The molecule has 8 nitrogen and oxygen atoms in total. The molecule has 4 rings (SSSR count). The largest absolute Gasteiger partial charge is 0.368 e. The Morgan fingerprint density at radius 3 is 2.96 bits per heavy atom. The third-order valence-electron chi connectivity index (χ3n) is 4.49.